The Morgan fingerprint density at radius 3 is 2.67 bits per heavy atom. The zero-order valence-electron chi connectivity index (χ0n) is 7.59. The van der Waals surface area contributed by atoms with Crippen molar-refractivity contribution in [1.29, 1.82) is 0 Å². The molecule has 0 amide bonds. The molecule has 0 aliphatic heterocycles. The number of hydrogen-bond donors (Lipinski definition) is 2. The van der Waals surface area contributed by atoms with Gasteiger partial charge < -0.3 is 0 Å². The largest absolute Gasteiger partial charge is 0.340 e. The van der Waals surface area contributed by atoms with E-state index in [1.807, 2.05) is 7.05 Å². The Bertz CT molecular complexity index is 288. The van der Waals surface area contributed by atoms with Crippen LogP contribution in [0, 0.1) is 0 Å². The average molecular weight is 170 g/mol. The van der Waals surface area contributed by atoms with Gasteiger partial charge in [0.2, 0.25) is 0 Å². The molecule has 68 valence electrons. The SMILES string of the molecule is CC(C)N(C)Cc1n[nH]c(=O)[nH]1. The summed E-state index contributed by atoms with van der Waals surface area (Å²) in [6.45, 7) is 4.84. The van der Waals surface area contributed by atoms with Crippen molar-refractivity contribution in [3.05, 3.63) is 16.3 Å². The van der Waals surface area contributed by atoms with Crippen LogP contribution in [0.2, 0.25) is 0 Å². The molecule has 0 atom stereocenters. The van der Waals surface area contributed by atoms with E-state index < -0.39 is 0 Å². The molecule has 0 bridgehead atoms. The maximum Gasteiger partial charge on any atom is 0.340 e. The summed E-state index contributed by atoms with van der Waals surface area (Å²) in [4.78, 5) is 15.3. The number of aromatic amines is 2. The molecule has 1 rings (SSSR count). The Kier molecular flexibility index (Phi) is 2.65. The van der Waals surface area contributed by atoms with Crippen LogP contribution >= 0.6 is 0 Å². The van der Waals surface area contributed by atoms with Gasteiger partial charge >= 0.3 is 5.69 Å². The number of aromatic nitrogens is 3. The fraction of sp³-hybridized carbons (Fsp3) is 0.714. The molecule has 5 heteroatoms. The molecule has 0 saturated carbocycles. The maximum absolute atomic E-state index is 10.6. The summed E-state index contributed by atoms with van der Waals surface area (Å²) in [5.74, 6) is 0.677. The third kappa shape index (κ3) is 2.20. The molecule has 0 aliphatic rings. The van der Waals surface area contributed by atoms with Gasteiger partial charge in [-0.3, -0.25) is 9.88 Å². The van der Waals surface area contributed by atoms with Gasteiger partial charge in [-0.1, -0.05) is 0 Å². The monoisotopic (exact) mass is 170 g/mol. The lowest BCUT2D eigenvalue weighted by Crippen LogP contribution is -2.26. The first kappa shape index (κ1) is 8.99. The number of nitrogens with zero attached hydrogens (tertiary/aromatic N) is 2. The van der Waals surface area contributed by atoms with Gasteiger partial charge in [0.15, 0.2) is 0 Å². The fourth-order valence-electron chi connectivity index (χ4n) is 0.799. The fourth-order valence-corrected chi connectivity index (χ4v) is 0.799. The molecule has 0 aromatic carbocycles. The molecule has 5 nitrogen and oxygen atoms in total. The van der Waals surface area contributed by atoms with Crippen LogP contribution in [0.5, 0.6) is 0 Å². The Morgan fingerprint density at radius 2 is 2.25 bits per heavy atom. The quantitative estimate of drug-likeness (QED) is 0.667. The van der Waals surface area contributed by atoms with E-state index in [-0.39, 0.29) is 5.69 Å². The van der Waals surface area contributed by atoms with Crippen molar-refractivity contribution in [2.24, 2.45) is 0 Å². The number of nitrogens with one attached hydrogen (secondary N) is 2. The molecule has 12 heavy (non-hydrogen) atoms. The highest BCUT2D eigenvalue weighted by Crippen LogP contribution is 1.97. The minimum absolute atomic E-state index is 0.248. The highest BCUT2D eigenvalue weighted by atomic mass is 16.1. The second-order valence-corrected chi connectivity index (χ2v) is 3.13. The van der Waals surface area contributed by atoms with Gasteiger partial charge in [0.25, 0.3) is 0 Å². The van der Waals surface area contributed by atoms with Crippen molar-refractivity contribution >= 4 is 0 Å². The predicted molar refractivity (Wildman–Crippen MR) is 45.8 cm³/mol. The number of H-pyrrole nitrogens is 2. The molecule has 0 aliphatic carbocycles. The van der Waals surface area contributed by atoms with Crippen LogP contribution in [0.25, 0.3) is 0 Å². The summed E-state index contributed by atoms with van der Waals surface area (Å²) in [6.07, 6.45) is 0. The first-order chi connectivity index (χ1) is 5.59. The Labute approximate surface area is 70.8 Å². The number of rotatable bonds is 3. The average Bonchev–Trinajstić information content (AvgIpc) is 2.35. The summed E-state index contributed by atoms with van der Waals surface area (Å²) in [5.41, 5.74) is -0.248. The third-order valence-electron chi connectivity index (χ3n) is 1.83. The Hall–Kier alpha value is -1.10. The van der Waals surface area contributed by atoms with Gasteiger partial charge in [-0.25, -0.2) is 9.89 Å². The summed E-state index contributed by atoms with van der Waals surface area (Å²) >= 11 is 0. The van der Waals surface area contributed by atoms with Crippen molar-refractivity contribution in [1.82, 2.24) is 20.1 Å². The topological polar surface area (TPSA) is 64.8 Å². The highest BCUT2D eigenvalue weighted by molar-refractivity contribution is 4.80. The normalized spacial score (nSPS) is 11.4. The van der Waals surface area contributed by atoms with E-state index >= 15 is 0 Å². The van der Waals surface area contributed by atoms with Gasteiger partial charge in [0.1, 0.15) is 5.82 Å². The van der Waals surface area contributed by atoms with E-state index in [1.165, 1.54) is 0 Å². The molecule has 2 N–H and O–H groups in total. The molecule has 1 aromatic rings. The van der Waals surface area contributed by atoms with E-state index in [1.54, 1.807) is 0 Å². The minimum atomic E-state index is -0.248. The summed E-state index contributed by atoms with van der Waals surface area (Å²) in [7, 11) is 1.98. The third-order valence-corrected chi connectivity index (χ3v) is 1.83. The van der Waals surface area contributed by atoms with Gasteiger partial charge in [0, 0.05) is 6.04 Å². The minimum Gasteiger partial charge on any atom is -0.297 e. The molecule has 0 radical (unpaired) electrons. The molecule has 0 unspecified atom stereocenters. The van der Waals surface area contributed by atoms with Crippen LogP contribution in [0.4, 0.5) is 0 Å². The molecular weight excluding hydrogens is 156 g/mol. The zero-order chi connectivity index (χ0) is 9.14. The second kappa shape index (κ2) is 3.53. The summed E-state index contributed by atoms with van der Waals surface area (Å²) in [6, 6.07) is 0.449. The van der Waals surface area contributed by atoms with Crippen LogP contribution in [-0.2, 0) is 6.54 Å². The highest BCUT2D eigenvalue weighted by Gasteiger charge is 2.05. The summed E-state index contributed by atoms with van der Waals surface area (Å²) < 4.78 is 0. The van der Waals surface area contributed by atoms with Crippen LogP contribution in [0.1, 0.15) is 19.7 Å². The lowest BCUT2D eigenvalue weighted by molar-refractivity contribution is 0.259. The van der Waals surface area contributed by atoms with Crippen molar-refractivity contribution in [3.8, 4) is 0 Å². The molecular formula is C7H14N4O. The van der Waals surface area contributed by atoms with Crippen LogP contribution in [-0.4, -0.2) is 33.2 Å². The van der Waals surface area contributed by atoms with E-state index in [0.717, 1.165) is 0 Å². The Morgan fingerprint density at radius 1 is 1.58 bits per heavy atom. The lowest BCUT2D eigenvalue weighted by Gasteiger charge is -2.18. The lowest BCUT2D eigenvalue weighted by atomic mass is 10.3. The van der Waals surface area contributed by atoms with E-state index in [4.69, 9.17) is 0 Å². The van der Waals surface area contributed by atoms with Crippen molar-refractivity contribution in [3.63, 3.8) is 0 Å². The van der Waals surface area contributed by atoms with Gasteiger partial charge in [-0.15, -0.1) is 0 Å². The molecule has 0 fully saturated rings. The smallest absolute Gasteiger partial charge is 0.297 e. The first-order valence-electron chi connectivity index (χ1n) is 3.93. The maximum atomic E-state index is 10.6. The standard InChI is InChI=1S/C7H14N4O/c1-5(2)11(3)4-6-8-7(12)10-9-6/h5H,4H2,1-3H3,(H2,8,9,10,12). The van der Waals surface area contributed by atoms with Crippen LogP contribution in [0.3, 0.4) is 0 Å². The van der Waals surface area contributed by atoms with Crippen molar-refractivity contribution in [2.45, 2.75) is 26.4 Å². The predicted octanol–water partition coefficient (Wildman–Crippen LogP) is -0.0618. The van der Waals surface area contributed by atoms with Gasteiger partial charge in [-0.2, -0.15) is 5.10 Å². The zero-order valence-corrected chi connectivity index (χ0v) is 7.59. The van der Waals surface area contributed by atoms with E-state index in [2.05, 4.69) is 33.9 Å². The van der Waals surface area contributed by atoms with Gasteiger partial charge in [-0.05, 0) is 20.9 Å². The molecule has 0 spiro atoms. The Balaban J connectivity index is 2.58. The van der Waals surface area contributed by atoms with Gasteiger partial charge in [0.05, 0.1) is 6.54 Å². The van der Waals surface area contributed by atoms with E-state index in [9.17, 15) is 4.79 Å². The van der Waals surface area contributed by atoms with Crippen molar-refractivity contribution < 1.29 is 0 Å². The number of hydrogen-bond acceptors (Lipinski definition) is 3. The van der Waals surface area contributed by atoms with E-state index in [0.29, 0.717) is 18.4 Å². The second-order valence-electron chi connectivity index (χ2n) is 3.13. The first-order valence-corrected chi connectivity index (χ1v) is 3.93. The molecule has 1 aromatic heterocycles. The van der Waals surface area contributed by atoms with Crippen LogP contribution in [0.15, 0.2) is 4.79 Å². The van der Waals surface area contributed by atoms with Crippen molar-refractivity contribution in [2.75, 3.05) is 7.05 Å². The molecule has 0 saturated heterocycles. The summed E-state index contributed by atoms with van der Waals surface area (Å²) in [5, 5.41) is 6.13. The molecule has 1 heterocycles. The van der Waals surface area contributed by atoms with Crippen LogP contribution < -0.4 is 5.69 Å².